The molecule has 5 heteroatoms. The number of nitrogens with zero attached hydrogens (tertiary/aromatic N) is 2. The summed E-state index contributed by atoms with van der Waals surface area (Å²) < 4.78 is 0. The molecule has 0 atom stereocenters. The van der Waals surface area contributed by atoms with Crippen LogP contribution in [0, 0.1) is 21.4 Å². The number of halogens is 1. The number of nitro groups is 1. The van der Waals surface area contributed by atoms with Crippen molar-refractivity contribution >= 4 is 11.6 Å². The van der Waals surface area contributed by atoms with Gasteiger partial charge in [-0.05, 0) is 0 Å². The van der Waals surface area contributed by atoms with Gasteiger partial charge >= 0.3 is 0 Å². The van der Waals surface area contributed by atoms with E-state index < -0.39 is 9.96 Å². The smallest absolute Gasteiger partial charge is 0.259 e. The maximum atomic E-state index is 9.46. The fourth-order valence-corrected chi connectivity index (χ4v) is 0.201. The Bertz CT molecular complexity index is 169. The van der Waals surface area contributed by atoms with Crippen molar-refractivity contribution in [3.05, 3.63) is 21.3 Å². The first kappa shape index (κ1) is 6.92. The Hall–Kier alpha value is -1.08. The normalized spacial score (nSPS) is 10.2. The molecule has 0 aromatic carbocycles. The number of hydrogen-bond acceptors (Lipinski definition) is 3. The molecule has 8 heavy (non-hydrogen) atoms. The van der Waals surface area contributed by atoms with Crippen LogP contribution in [0.1, 0.15) is 0 Å². The molecule has 0 radical (unpaired) electrons. The summed E-state index contributed by atoms with van der Waals surface area (Å²) in [6.45, 7) is 0. The summed E-state index contributed by atoms with van der Waals surface area (Å²) in [4.78, 5) is 8.68. The molecule has 4 nitrogen and oxygen atoms in total. The van der Waals surface area contributed by atoms with Crippen LogP contribution in [-0.2, 0) is 0 Å². The molecule has 0 aromatic heterocycles. The van der Waals surface area contributed by atoms with E-state index in [0.717, 1.165) is 0 Å². The largest absolute Gasteiger partial charge is 0.263 e. The molecule has 0 rings (SSSR count). The molecule has 0 fully saturated rings. The lowest BCUT2D eigenvalue weighted by atomic mass is 10.7. The van der Waals surface area contributed by atoms with E-state index in [1.807, 2.05) is 0 Å². The molecule has 0 unspecified atom stereocenters. The molecule has 0 aliphatic rings. The summed E-state index contributed by atoms with van der Waals surface area (Å²) >= 11 is 4.92. The Morgan fingerprint density at radius 3 is 2.62 bits per heavy atom. The van der Waals surface area contributed by atoms with Crippen LogP contribution in [0.15, 0.2) is 11.2 Å². The summed E-state index contributed by atoms with van der Waals surface area (Å²) in [5, 5.41) is 16.9. The Morgan fingerprint density at radius 2 is 2.50 bits per heavy atom. The monoisotopic (exact) mass is 132 g/mol. The van der Waals surface area contributed by atoms with E-state index in [1.54, 1.807) is 0 Å². The highest BCUT2D eigenvalue weighted by atomic mass is 35.5. The molecule has 0 bridgehead atoms. The van der Waals surface area contributed by atoms with Gasteiger partial charge in [-0.15, -0.1) is 0 Å². The first-order chi connectivity index (χ1) is 3.66. The summed E-state index contributed by atoms with van der Waals surface area (Å²) in [5.74, 6) is 0. The second kappa shape index (κ2) is 2.99. The van der Waals surface area contributed by atoms with E-state index in [4.69, 9.17) is 16.9 Å². The van der Waals surface area contributed by atoms with E-state index in [1.165, 1.54) is 6.07 Å². The van der Waals surface area contributed by atoms with Gasteiger partial charge in [0.1, 0.15) is 6.07 Å². The van der Waals surface area contributed by atoms with Crippen molar-refractivity contribution in [3.8, 4) is 6.07 Å². The third-order valence-electron chi connectivity index (χ3n) is 0.326. The molecule has 0 amide bonds. The van der Waals surface area contributed by atoms with Crippen molar-refractivity contribution < 1.29 is 4.92 Å². The lowest BCUT2D eigenvalue weighted by molar-refractivity contribution is -0.402. The average molecular weight is 133 g/mol. The maximum Gasteiger partial charge on any atom is 0.263 e. The topological polar surface area (TPSA) is 66.9 Å². The molecule has 0 aliphatic heterocycles. The number of nitriles is 1. The van der Waals surface area contributed by atoms with Gasteiger partial charge in [0.05, 0.1) is 4.92 Å². The highest BCUT2D eigenvalue weighted by Crippen LogP contribution is 1.95. The fourth-order valence-electron chi connectivity index (χ4n) is 0.121. The fraction of sp³-hybridized carbons (Fsp3) is 0. The van der Waals surface area contributed by atoms with E-state index in [0.29, 0.717) is 6.20 Å². The molecular formula is C3HClN2O2. The van der Waals surface area contributed by atoms with Crippen LogP contribution in [0.5, 0.6) is 0 Å². The average Bonchev–Trinajstić information content (AvgIpc) is 1.65. The minimum atomic E-state index is -0.786. The van der Waals surface area contributed by atoms with Gasteiger partial charge in [0.15, 0.2) is 5.03 Å². The van der Waals surface area contributed by atoms with Crippen molar-refractivity contribution in [2.75, 3.05) is 0 Å². The van der Waals surface area contributed by atoms with Crippen molar-refractivity contribution in [2.24, 2.45) is 0 Å². The Kier molecular flexibility index (Phi) is 2.59. The van der Waals surface area contributed by atoms with Crippen molar-refractivity contribution in [1.29, 1.82) is 5.26 Å². The second-order valence-electron chi connectivity index (χ2n) is 0.874. The predicted octanol–water partition coefficient (Wildman–Crippen LogP) is 0.867. The van der Waals surface area contributed by atoms with Crippen LogP contribution in [0.2, 0.25) is 0 Å². The van der Waals surface area contributed by atoms with Gasteiger partial charge in [0.2, 0.25) is 0 Å². The van der Waals surface area contributed by atoms with Crippen LogP contribution in [0.3, 0.4) is 0 Å². The maximum absolute atomic E-state index is 9.46. The molecule has 0 N–H and O–H groups in total. The standard InChI is InChI=1S/C3HClN2O2/c4-3(1-5)2-6(7)8/h2H. The molecule has 0 spiro atoms. The third kappa shape index (κ3) is 3.12. The van der Waals surface area contributed by atoms with Gasteiger partial charge < -0.3 is 0 Å². The zero-order valence-corrected chi connectivity index (χ0v) is 4.42. The third-order valence-corrected chi connectivity index (χ3v) is 0.508. The van der Waals surface area contributed by atoms with Gasteiger partial charge in [-0.2, -0.15) is 5.26 Å². The SMILES string of the molecule is N#CC(Cl)=C[N+](=O)[O-]. The van der Waals surface area contributed by atoms with Gasteiger partial charge in [-0.1, -0.05) is 11.6 Å². The van der Waals surface area contributed by atoms with Gasteiger partial charge in [-0.25, -0.2) is 0 Å². The van der Waals surface area contributed by atoms with Crippen molar-refractivity contribution in [1.82, 2.24) is 0 Å². The Labute approximate surface area is 50.1 Å². The van der Waals surface area contributed by atoms with Crippen molar-refractivity contribution in [2.45, 2.75) is 0 Å². The minimum Gasteiger partial charge on any atom is -0.259 e. The first-order valence-electron chi connectivity index (χ1n) is 1.57. The van der Waals surface area contributed by atoms with Crippen LogP contribution in [0.25, 0.3) is 0 Å². The van der Waals surface area contributed by atoms with Crippen molar-refractivity contribution in [3.63, 3.8) is 0 Å². The summed E-state index contributed by atoms with van der Waals surface area (Å²) in [5.41, 5.74) is 0. The molecule has 42 valence electrons. The molecule has 0 aromatic rings. The second-order valence-corrected chi connectivity index (χ2v) is 1.28. The number of hydrogen-bond donors (Lipinski definition) is 0. The first-order valence-corrected chi connectivity index (χ1v) is 1.95. The van der Waals surface area contributed by atoms with Gasteiger partial charge in [0, 0.05) is 0 Å². The van der Waals surface area contributed by atoms with E-state index >= 15 is 0 Å². The van der Waals surface area contributed by atoms with Gasteiger partial charge in [-0.3, -0.25) is 10.1 Å². The van der Waals surface area contributed by atoms with Crippen LogP contribution < -0.4 is 0 Å². The van der Waals surface area contributed by atoms with Crippen LogP contribution >= 0.6 is 11.6 Å². The Morgan fingerprint density at radius 1 is 2.00 bits per heavy atom. The predicted molar refractivity (Wildman–Crippen MR) is 26.5 cm³/mol. The lowest BCUT2D eigenvalue weighted by Gasteiger charge is -1.73. The summed E-state index contributed by atoms with van der Waals surface area (Å²) in [7, 11) is 0. The number of rotatable bonds is 1. The molecule has 0 saturated heterocycles. The molecule has 0 heterocycles. The lowest BCUT2D eigenvalue weighted by Crippen LogP contribution is -1.83. The van der Waals surface area contributed by atoms with E-state index in [9.17, 15) is 10.1 Å². The highest BCUT2D eigenvalue weighted by Gasteiger charge is 1.92. The molecular weight excluding hydrogens is 131 g/mol. The number of allylic oxidation sites excluding steroid dienone is 1. The zero-order valence-electron chi connectivity index (χ0n) is 3.67. The minimum absolute atomic E-state index is 0.421. The zero-order chi connectivity index (χ0) is 6.57. The van der Waals surface area contributed by atoms with Crippen LogP contribution in [0.4, 0.5) is 0 Å². The van der Waals surface area contributed by atoms with Crippen LogP contribution in [-0.4, -0.2) is 4.92 Å². The highest BCUT2D eigenvalue weighted by molar-refractivity contribution is 6.31. The summed E-state index contributed by atoms with van der Waals surface area (Å²) in [6.07, 6.45) is 0.432. The Balaban J connectivity index is 4.01. The molecule has 0 saturated carbocycles. The van der Waals surface area contributed by atoms with Gasteiger partial charge in [0.25, 0.3) is 6.20 Å². The molecule has 0 aliphatic carbocycles. The quantitative estimate of drug-likeness (QED) is 0.302. The van der Waals surface area contributed by atoms with E-state index in [2.05, 4.69) is 0 Å². The van der Waals surface area contributed by atoms with E-state index in [-0.39, 0.29) is 0 Å². The summed E-state index contributed by atoms with van der Waals surface area (Å²) in [6, 6.07) is 1.38.